The minimum absolute atomic E-state index is 0.0875. The summed E-state index contributed by atoms with van der Waals surface area (Å²) in [5.74, 6) is -0.0875. The number of thiocarbonyl (C=S) groups is 1. The summed E-state index contributed by atoms with van der Waals surface area (Å²) in [6, 6.07) is 7.44. The molecule has 1 aromatic heterocycles. The summed E-state index contributed by atoms with van der Waals surface area (Å²) >= 11 is 12.5. The van der Waals surface area contributed by atoms with Crippen molar-refractivity contribution in [2.45, 2.75) is 0 Å². The molecule has 7 heteroatoms. The molecule has 106 valence electrons. The largest absolute Gasteiger partial charge is 0.296 e. The van der Waals surface area contributed by atoms with E-state index in [2.05, 4.69) is 5.10 Å². The van der Waals surface area contributed by atoms with Crippen molar-refractivity contribution in [2.75, 3.05) is 7.05 Å². The van der Waals surface area contributed by atoms with Gasteiger partial charge in [0, 0.05) is 18.8 Å². The molecule has 1 saturated heterocycles. The lowest BCUT2D eigenvalue weighted by molar-refractivity contribution is -0.121. The van der Waals surface area contributed by atoms with Crippen LogP contribution in [-0.4, -0.2) is 32.0 Å². The molecule has 21 heavy (non-hydrogen) atoms. The van der Waals surface area contributed by atoms with Crippen molar-refractivity contribution < 1.29 is 4.79 Å². The standard InChI is InChI=1S/C14H10ClN3OS2/c1-17-13(19)12(21-14(17)20)6-9-7-16-18(8-9)11-5-3-2-4-10(11)15/h2-8H,1H3/b12-6-. The maximum Gasteiger partial charge on any atom is 0.265 e. The third kappa shape index (κ3) is 2.74. The number of hydrogen-bond donors (Lipinski definition) is 0. The van der Waals surface area contributed by atoms with E-state index in [1.807, 2.05) is 24.4 Å². The molecule has 0 N–H and O–H groups in total. The molecular formula is C14H10ClN3OS2. The Kier molecular flexibility index (Phi) is 3.84. The van der Waals surface area contributed by atoms with Gasteiger partial charge in [0.15, 0.2) is 0 Å². The van der Waals surface area contributed by atoms with Crippen LogP contribution in [0.5, 0.6) is 0 Å². The van der Waals surface area contributed by atoms with Crippen LogP contribution in [0, 0.1) is 0 Å². The Morgan fingerprint density at radius 1 is 1.38 bits per heavy atom. The van der Waals surface area contributed by atoms with Gasteiger partial charge < -0.3 is 0 Å². The molecular weight excluding hydrogens is 326 g/mol. The predicted molar refractivity (Wildman–Crippen MR) is 89.5 cm³/mol. The predicted octanol–water partition coefficient (Wildman–Crippen LogP) is 3.36. The van der Waals surface area contributed by atoms with Crippen molar-refractivity contribution in [1.82, 2.24) is 14.7 Å². The highest BCUT2D eigenvalue weighted by molar-refractivity contribution is 8.26. The average Bonchev–Trinajstić information content (AvgIpc) is 3.01. The summed E-state index contributed by atoms with van der Waals surface area (Å²) in [5, 5.41) is 4.89. The number of carbonyl (C=O) groups excluding carboxylic acids is 1. The molecule has 0 unspecified atom stereocenters. The minimum atomic E-state index is -0.0875. The lowest BCUT2D eigenvalue weighted by Gasteiger charge is -2.03. The zero-order chi connectivity index (χ0) is 15.0. The molecule has 1 fully saturated rings. The number of nitrogens with zero attached hydrogens (tertiary/aromatic N) is 3. The zero-order valence-electron chi connectivity index (χ0n) is 11.0. The first-order valence-corrected chi connectivity index (χ1v) is 7.67. The number of amides is 1. The van der Waals surface area contributed by atoms with Crippen LogP contribution in [0.3, 0.4) is 0 Å². The van der Waals surface area contributed by atoms with Gasteiger partial charge in [0.2, 0.25) is 0 Å². The van der Waals surface area contributed by atoms with E-state index in [-0.39, 0.29) is 5.91 Å². The number of para-hydroxylation sites is 1. The molecule has 0 spiro atoms. The number of hydrogen-bond acceptors (Lipinski definition) is 4. The zero-order valence-corrected chi connectivity index (χ0v) is 13.4. The van der Waals surface area contributed by atoms with Gasteiger partial charge in [-0.3, -0.25) is 9.69 Å². The smallest absolute Gasteiger partial charge is 0.265 e. The fourth-order valence-electron chi connectivity index (χ4n) is 1.88. The average molecular weight is 336 g/mol. The molecule has 2 heterocycles. The Morgan fingerprint density at radius 2 is 2.14 bits per heavy atom. The SMILES string of the molecule is CN1C(=O)/C(=C/c2cnn(-c3ccccc3Cl)c2)SC1=S. The summed E-state index contributed by atoms with van der Waals surface area (Å²) in [6.45, 7) is 0. The van der Waals surface area contributed by atoms with Crippen molar-refractivity contribution in [3.8, 4) is 5.69 Å². The Balaban J connectivity index is 1.92. The fraction of sp³-hybridized carbons (Fsp3) is 0.0714. The lowest BCUT2D eigenvalue weighted by Crippen LogP contribution is -2.22. The molecule has 1 aromatic carbocycles. The van der Waals surface area contributed by atoms with E-state index >= 15 is 0 Å². The van der Waals surface area contributed by atoms with Gasteiger partial charge in [0.1, 0.15) is 4.32 Å². The van der Waals surface area contributed by atoms with E-state index in [1.165, 1.54) is 16.7 Å². The maximum absolute atomic E-state index is 12.0. The number of carbonyl (C=O) groups is 1. The van der Waals surface area contributed by atoms with Crippen LogP contribution in [0.15, 0.2) is 41.6 Å². The number of likely N-dealkylation sites (N-methyl/N-ethyl adjacent to an activating group) is 1. The van der Waals surface area contributed by atoms with Crippen molar-refractivity contribution in [3.63, 3.8) is 0 Å². The number of halogens is 1. The molecule has 2 aromatic rings. The fourth-order valence-corrected chi connectivity index (χ4v) is 3.28. The van der Waals surface area contributed by atoms with E-state index in [0.29, 0.717) is 14.2 Å². The van der Waals surface area contributed by atoms with Crippen LogP contribution in [-0.2, 0) is 4.79 Å². The first-order chi connectivity index (χ1) is 10.1. The van der Waals surface area contributed by atoms with Crippen LogP contribution in [0.25, 0.3) is 11.8 Å². The number of benzene rings is 1. The maximum atomic E-state index is 12.0. The van der Waals surface area contributed by atoms with Gasteiger partial charge in [0.05, 0.1) is 21.8 Å². The van der Waals surface area contributed by atoms with Crippen molar-refractivity contribution in [1.29, 1.82) is 0 Å². The third-order valence-corrected chi connectivity index (χ3v) is 4.79. The molecule has 1 amide bonds. The molecule has 0 saturated carbocycles. The summed E-state index contributed by atoms with van der Waals surface area (Å²) in [6.07, 6.45) is 5.29. The number of thioether (sulfide) groups is 1. The number of rotatable bonds is 2. The summed E-state index contributed by atoms with van der Waals surface area (Å²) < 4.78 is 2.24. The normalized spacial score (nSPS) is 17.0. The van der Waals surface area contributed by atoms with Gasteiger partial charge in [-0.05, 0) is 18.2 Å². The van der Waals surface area contributed by atoms with Crippen molar-refractivity contribution in [2.24, 2.45) is 0 Å². The summed E-state index contributed by atoms with van der Waals surface area (Å²) in [5.41, 5.74) is 1.62. The third-order valence-electron chi connectivity index (χ3n) is 2.99. The van der Waals surface area contributed by atoms with Gasteiger partial charge in [-0.25, -0.2) is 4.68 Å². The summed E-state index contributed by atoms with van der Waals surface area (Å²) in [4.78, 5) is 14.0. The van der Waals surface area contributed by atoms with Gasteiger partial charge in [-0.2, -0.15) is 5.10 Å². The Bertz CT molecular complexity index is 769. The topological polar surface area (TPSA) is 38.1 Å². The first kappa shape index (κ1) is 14.3. The Labute approximate surface area is 136 Å². The van der Waals surface area contributed by atoms with E-state index in [0.717, 1.165) is 11.3 Å². The van der Waals surface area contributed by atoms with E-state index < -0.39 is 0 Å². The molecule has 0 radical (unpaired) electrons. The van der Waals surface area contributed by atoms with E-state index in [9.17, 15) is 4.79 Å². The van der Waals surface area contributed by atoms with Crippen LogP contribution in [0.1, 0.15) is 5.56 Å². The highest BCUT2D eigenvalue weighted by atomic mass is 35.5. The Morgan fingerprint density at radius 3 is 2.81 bits per heavy atom. The second-order valence-electron chi connectivity index (χ2n) is 4.41. The number of aromatic nitrogens is 2. The quantitative estimate of drug-likeness (QED) is 0.623. The van der Waals surface area contributed by atoms with Crippen LogP contribution < -0.4 is 0 Å². The van der Waals surface area contributed by atoms with Crippen molar-refractivity contribution in [3.05, 3.63) is 52.2 Å². The molecule has 0 aliphatic carbocycles. The van der Waals surface area contributed by atoms with Gasteiger partial charge >= 0.3 is 0 Å². The van der Waals surface area contributed by atoms with Gasteiger partial charge in [0.25, 0.3) is 5.91 Å². The molecule has 3 rings (SSSR count). The van der Waals surface area contributed by atoms with Crippen LogP contribution >= 0.6 is 35.6 Å². The highest BCUT2D eigenvalue weighted by Crippen LogP contribution is 2.31. The molecule has 1 aliphatic heterocycles. The molecule has 0 atom stereocenters. The van der Waals surface area contributed by atoms with E-state index in [1.54, 1.807) is 30.1 Å². The van der Waals surface area contributed by atoms with Gasteiger partial charge in [-0.1, -0.05) is 47.7 Å². The van der Waals surface area contributed by atoms with Crippen molar-refractivity contribution >= 4 is 51.9 Å². The molecule has 4 nitrogen and oxygen atoms in total. The van der Waals surface area contributed by atoms with Crippen LogP contribution in [0.4, 0.5) is 0 Å². The lowest BCUT2D eigenvalue weighted by atomic mass is 10.3. The second-order valence-corrected chi connectivity index (χ2v) is 6.49. The molecule has 1 aliphatic rings. The molecule has 0 bridgehead atoms. The Hall–Kier alpha value is -1.63. The minimum Gasteiger partial charge on any atom is -0.296 e. The van der Waals surface area contributed by atoms with Gasteiger partial charge in [-0.15, -0.1) is 0 Å². The highest BCUT2D eigenvalue weighted by Gasteiger charge is 2.28. The van der Waals surface area contributed by atoms with E-state index in [4.69, 9.17) is 23.8 Å². The second kappa shape index (κ2) is 5.63. The summed E-state index contributed by atoms with van der Waals surface area (Å²) in [7, 11) is 1.67. The van der Waals surface area contributed by atoms with Crippen LogP contribution in [0.2, 0.25) is 5.02 Å². The monoisotopic (exact) mass is 335 g/mol. The first-order valence-electron chi connectivity index (χ1n) is 6.07.